The third kappa shape index (κ3) is 9.12. The second-order valence-electron chi connectivity index (χ2n) is 17.1. The zero-order chi connectivity index (χ0) is 38.2. The fraction of sp³-hybridized carbons (Fsp3) is 0.974. The van der Waals surface area contributed by atoms with Crippen LogP contribution < -0.4 is 5.73 Å². The minimum Gasteiger partial charge on any atom is -0.459 e. The molecular weight excluding hydrogens is 660 g/mol. The molecule has 2 unspecified atom stereocenters. The summed E-state index contributed by atoms with van der Waals surface area (Å²) in [7, 11) is 3.61. The number of esters is 1. The second-order valence-corrected chi connectivity index (χ2v) is 17.1. The molecule has 4 aliphatic heterocycles. The number of nitrogens with zero attached hydrogens (tertiary/aromatic N) is 1. The van der Waals surface area contributed by atoms with Gasteiger partial charge in [0.05, 0.1) is 53.7 Å². The highest BCUT2D eigenvalue weighted by Gasteiger charge is 2.57. The Morgan fingerprint density at radius 2 is 1.63 bits per heavy atom. The van der Waals surface area contributed by atoms with E-state index in [9.17, 15) is 20.1 Å². The Bertz CT molecular complexity index is 1150. The minimum atomic E-state index is -1.76. The maximum Gasteiger partial charge on any atom is 0.311 e. The van der Waals surface area contributed by atoms with E-state index in [-0.39, 0.29) is 30.6 Å². The van der Waals surface area contributed by atoms with Crippen molar-refractivity contribution in [1.29, 1.82) is 0 Å². The van der Waals surface area contributed by atoms with Crippen LogP contribution in [-0.4, -0.2) is 138 Å². The summed E-state index contributed by atoms with van der Waals surface area (Å²) in [6.07, 6.45) is -4.88. The fourth-order valence-corrected chi connectivity index (χ4v) is 9.55. The first-order chi connectivity index (χ1) is 23.7. The molecule has 4 rings (SSSR count). The second kappa shape index (κ2) is 16.8. The number of aliphatic hydroxyl groups excluding tert-OH is 2. The van der Waals surface area contributed by atoms with Crippen molar-refractivity contribution in [2.45, 2.75) is 186 Å². The molecule has 4 fully saturated rings. The standard InChI is InChI=1S/C38H70N2O11/c1-13-27-38(10,44)32(42)23(5)30-20(2)17-37(9,51-30)33(50-35-29(41)26(16-21(3)47-35)40(11)15-14-39)24(6)31(25(7)34(43)48-27)49-28-19-36(8,45-12)18-22(4)46-28/h20-33,35,41-42,44H,13-19,39H2,1-12H3/t20-,21+,22-,23-,24-,25+,26-,27+,28?,29+,30-,31-,32+,33+,35?,36-,37+,38+/m0/s1. The lowest BCUT2D eigenvalue weighted by molar-refractivity contribution is -0.312. The molecule has 0 aliphatic carbocycles. The molecule has 18 atom stereocenters. The SMILES string of the molecule is CC[C@H]1OC(=O)[C@H](C)[C@@H](OC2C[C@@](C)(OC)C[C@H](C)O2)[C@H](C)[C@@H](OC2O[C@H](C)C[C@H](N(C)CCN)[C@H]2O)[C@@]2(C)C[C@H](C)[C@H](O2)[C@H](C)[C@@H](O)[C@]1(C)O. The summed E-state index contributed by atoms with van der Waals surface area (Å²) >= 11 is 0. The molecule has 5 N–H and O–H groups in total. The van der Waals surface area contributed by atoms with Crippen molar-refractivity contribution in [3.63, 3.8) is 0 Å². The molecule has 0 amide bonds. The van der Waals surface area contributed by atoms with Crippen molar-refractivity contribution >= 4 is 5.97 Å². The Morgan fingerprint density at radius 1 is 0.961 bits per heavy atom. The van der Waals surface area contributed by atoms with Crippen molar-refractivity contribution in [3.05, 3.63) is 0 Å². The van der Waals surface area contributed by atoms with E-state index in [0.29, 0.717) is 38.8 Å². The quantitative estimate of drug-likeness (QED) is 0.256. The number of methoxy groups -OCH3 is 1. The van der Waals surface area contributed by atoms with E-state index >= 15 is 0 Å². The monoisotopic (exact) mass is 730 g/mol. The highest BCUT2D eigenvalue weighted by molar-refractivity contribution is 5.73. The van der Waals surface area contributed by atoms with Gasteiger partial charge < -0.3 is 54.2 Å². The van der Waals surface area contributed by atoms with Crippen LogP contribution in [0.4, 0.5) is 0 Å². The Balaban J connectivity index is 1.82. The molecule has 0 spiro atoms. The van der Waals surface area contributed by atoms with Crippen molar-refractivity contribution in [3.8, 4) is 0 Å². The number of nitrogens with two attached hydrogens (primary N) is 1. The summed E-state index contributed by atoms with van der Waals surface area (Å²) in [5, 5.41) is 35.3. The summed E-state index contributed by atoms with van der Waals surface area (Å²) in [5.74, 6) is -2.54. The predicted molar refractivity (Wildman–Crippen MR) is 191 cm³/mol. The van der Waals surface area contributed by atoms with Crippen molar-refractivity contribution in [2.24, 2.45) is 29.4 Å². The highest BCUT2D eigenvalue weighted by Crippen LogP contribution is 2.48. The maximum atomic E-state index is 14.2. The number of ether oxygens (including phenoxy) is 7. The number of cyclic esters (lactones) is 1. The van der Waals surface area contributed by atoms with Gasteiger partial charge in [0.1, 0.15) is 17.8 Å². The van der Waals surface area contributed by atoms with Crippen LogP contribution in [0.25, 0.3) is 0 Å². The average molecular weight is 731 g/mol. The van der Waals surface area contributed by atoms with Crippen molar-refractivity contribution in [2.75, 3.05) is 27.2 Å². The molecule has 2 bridgehead atoms. The van der Waals surface area contributed by atoms with E-state index < -0.39 is 89.7 Å². The van der Waals surface area contributed by atoms with Gasteiger partial charge >= 0.3 is 5.97 Å². The minimum absolute atomic E-state index is 0.0411. The zero-order valence-electron chi connectivity index (χ0n) is 33.2. The zero-order valence-corrected chi connectivity index (χ0v) is 33.2. The van der Waals surface area contributed by atoms with Crippen LogP contribution in [0.15, 0.2) is 0 Å². The van der Waals surface area contributed by atoms with Gasteiger partial charge in [0.2, 0.25) is 0 Å². The van der Waals surface area contributed by atoms with E-state index in [1.807, 2.05) is 60.4 Å². The fourth-order valence-electron chi connectivity index (χ4n) is 9.55. The molecule has 0 aromatic heterocycles. The Morgan fingerprint density at radius 3 is 2.24 bits per heavy atom. The molecule has 13 nitrogen and oxygen atoms in total. The van der Waals surface area contributed by atoms with Gasteiger partial charge in [-0.3, -0.25) is 9.69 Å². The first-order valence-electron chi connectivity index (χ1n) is 19.3. The molecule has 51 heavy (non-hydrogen) atoms. The van der Waals surface area contributed by atoms with Gasteiger partial charge in [-0.2, -0.15) is 0 Å². The molecule has 4 heterocycles. The average Bonchev–Trinajstić information content (AvgIpc) is 3.38. The van der Waals surface area contributed by atoms with E-state index in [1.165, 1.54) is 6.92 Å². The van der Waals surface area contributed by atoms with E-state index in [1.54, 1.807) is 14.0 Å². The maximum absolute atomic E-state index is 14.2. The van der Waals surface area contributed by atoms with E-state index in [4.69, 9.17) is 38.9 Å². The first kappa shape index (κ1) is 42.8. The lowest BCUT2D eigenvalue weighted by Crippen LogP contribution is -2.60. The van der Waals surface area contributed by atoms with E-state index in [2.05, 4.69) is 6.92 Å². The molecule has 4 aliphatic rings. The number of carbonyl (C=O) groups is 1. The number of carbonyl (C=O) groups excluding carboxylic acids is 1. The van der Waals surface area contributed by atoms with Crippen LogP contribution in [-0.2, 0) is 38.0 Å². The Hall–Kier alpha value is -0.970. The van der Waals surface area contributed by atoms with Gasteiger partial charge in [-0.05, 0) is 73.8 Å². The van der Waals surface area contributed by atoms with Crippen LogP contribution >= 0.6 is 0 Å². The highest BCUT2D eigenvalue weighted by atomic mass is 16.7. The van der Waals surface area contributed by atoms with Crippen LogP contribution in [0.3, 0.4) is 0 Å². The summed E-state index contributed by atoms with van der Waals surface area (Å²) in [6.45, 7) is 20.0. The number of fused-ring (bicyclic) bond motifs is 2. The molecule has 298 valence electrons. The summed E-state index contributed by atoms with van der Waals surface area (Å²) in [6, 6.07) is -0.260. The first-order valence-corrected chi connectivity index (χ1v) is 19.3. The van der Waals surface area contributed by atoms with Crippen LogP contribution in [0.2, 0.25) is 0 Å². The predicted octanol–water partition coefficient (Wildman–Crippen LogP) is 2.98. The smallest absolute Gasteiger partial charge is 0.311 e. The number of aliphatic hydroxyl groups is 3. The Kier molecular flexibility index (Phi) is 14.1. The topological polar surface area (TPSA) is 172 Å². The van der Waals surface area contributed by atoms with Crippen LogP contribution in [0.5, 0.6) is 0 Å². The molecule has 4 saturated heterocycles. The Labute approximate surface area is 306 Å². The third-order valence-electron chi connectivity index (χ3n) is 12.5. The summed E-state index contributed by atoms with van der Waals surface area (Å²) < 4.78 is 45.4. The normalized spacial score (nSPS) is 50.3. The third-order valence-corrected chi connectivity index (χ3v) is 12.5. The van der Waals surface area contributed by atoms with Gasteiger partial charge in [-0.25, -0.2) is 0 Å². The summed E-state index contributed by atoms with van der Waals surface area (Å²) in [5.41, 5.74) is 2.64. The van der Waals surface area contributed by atoms with Gasteiger partial charge in [-0.15, -0.1) is 0 Å². The number of likely N-dealkylation sites (N-methyl/N-ethyl adjacent to an activating group) is 1. The number of rotatable bonds is 9. The van der Waals surface area contributed by atoms with Crippen LogP contribution in [0.1, 0.15) is 101 Å². The van der Waals surface area contributed by atoms with Gasteiger partial charge in [-0.1, -0.05) is 27.7 Å². The van der Waals surface area contributed by atoms with Gasteiger partial charge in [0.25, 0.3) is 0 Å². The molecule has 0 aromatic carbocycles. The summed E-state index contributed by atoms with van der Waals surface area (Å²) in [4.78, 5) is 16.2. The van der Waals surface area contributed by atoms with Gasteiger partial charge in [0.15, 0.2) is 12.6 Å². The van der Waals surface area contributed by atoms with Crippen molar-refractivity contribution < 1.29 is 53.3 Å². The molecule has 0 aromatic rings. The number of hydrogen-bond donors (Lipinski definition) is 4. The molecule has 13 heteroatoms. The molecular formula is C38H70N2O11. The van der Waals surface area contributed by atoms with Crippen molar-refractivity contribution in [1.82, 2.24) is 4.90 Å². The van der Waals surface area contributed by atoms with E-state index in [0.717, 1.165) is 0 Å². The molecule has 0 radical (unpaired) electrons. The van der Waals surface area contributed by atoms with Crippen LogP contribution in [0, 0.1) is 23.7 Å². The number of hydrogen-bond acceptors (Lipinski definition) is 13. The largest absolute Gasteiger partial charge is 0.459 e. The van der Waals surface area contributed by atoms with Gasteiger partial charge in [0, 0.05) is 50.9 Å². The molecule has 0 saturated carbocycles. The lowest BCUT2D eigenvalue weighted by Gasteiger charge is -2.48. The lowest BCUT2D eigenvalue weighted by atomic mass is 9.76.